The molecular formula is C67H92N18O19. The lowest BCUT2D eigenvalue weighted by Crippen LogP contribution is -2.60. The van der Waals surface area contributed by atoms with Crippen molar-refractivity contribution in [1.82, 2.24) is 92.0 Å². The molecule has 0 spiro atoms. The first-order valence-corrected chi connectivity index (χ1v) is 34.3. The average Bonchev–Trinajstić information content (AvgIpc) is 1.39. The van der Waals surface area contributed by atoms with Crippen LogP contribution >= 0.6 is 0 Å². The Kier molecular flexibility index (Phi) is 31.9. The van der Waals surface area contributed by atoms with Gasteiger partial charge in [-0.1, -0.05) is 42.5 Å². The monoisotopic (exact) mass is 1450 g/mol. The molecule has 0 unspecified atom stereocenters. The zero-order chi connectivity index (χ0) is 75.1. The number of carbonyl (C=O) groups is 13. The minimum atomic E-state index is -1.61. The molecule has 6 atom stereocenters. The van der Waals surface area contributed by atoms with Crippen LogP contribution in [0.4, 0.5) is 4.79 Å². The van der Waals surface area contributed by atoms with E-state index >= 15 is 0 Å². The molecule has 2 aromatic carbocycles. The van der Waals surface area contributed by atoms with Crippen molar-refractivity contribution >= 4 is 88.1 Å². The Morgan fingerprint density at radius 1 is 0.442 bits per heavy atom. The number of nitrogens with zero attached hydrogens (tertiary/aromatic N) is 7. The summed E-state index contributed by atoms with van der Waals surface area (Å²) in [5.41, 5.74) is 1.92. The molecule has 1 aliphatic heterocycles. The number of carboxylic acids is 6. The lowest BCUT2D eigenvalue weighted by Gasteiger charge is -2.33. The van der Waals surface area contributed by atoms with Crippen molar-refractivity contribution in [3.63, 3.8) is 0 Å². The summed E-state index contributed by atoms with van der Waals surface area (Å²) in [6.45, 7) is 1.11. The van der Waals surface area contributed by atoms with E-state index in [-0.39, 0.29) is 148 Å². The van der Waals surface area contributed by atoms with Crippen molar-refractivity contribution in [2.75, 3.05) is 91.6 Å². The molecule has 3 aromatic heterocycles. The third-order valence-electron chi connectivity index (χ3n) is 18.0. The highest BCUT2D eigenvalue weighted by Crippen LogP contribution is 2.29. The molecule has 37 heteroatoms. The molecule has 37 nitrogen and oxygen atoms in total. The summed E-state index contributed by atoms with van der Waals surface area (Å²) in [5, 5.41) is 80.1. The van der Waals surface area contributed by atoms with Crippen LogP contribution in [0.25, 0.3) is 10.8 Å². The van der Waals surface area contributed by atoms with Gasteiger partial charge in [-0.05, 0) is 73.6 Å². The number of benzene rings is 2. The first kappa shape index (κ1) is 80.4. The predicted octanol–water partition coefficient (Wildman–Crippen LogP) is -2.03. The Bertz CT molecular complexity index is 3650. The normalized spacial score (nSPS) is 17.5. The van der Waals surface area contributed by atoms with Crippen LogP contribution < -0.4 is 42.5 Å². The van der Waals surface area contributed by atoms with Crippen LogP contribution in [-0.2, 0) is 83.2 Å². The second kappa shape index (κ2) is 41.2. The predicted molar refractivity (Wildman–Crippen MR) is 368 cm³/mol. The van der Waals surface area contributed by atoms with E-state index in [4.69, 9.17) is 5.11 Å². The number of hydrogen-bond acceptors (Lipinski definition) is 20. The van der Waals surface area contributed by atoms with Crippen molar-refractivity contribution in [1.29, 1.82) is 0 Å². The second-order valence-electron chi connectivity index (χ2n) is 25.9. The van der Waals surface area contributed by atoms with E-state index in [9.17, 15) is 87.9 Å². The van der Waals surface area contributed by atoms with Crippen LogP contribution in [0, 0.1) is 11.8 Å². The van der Waals surface area contributed by atoms with Crippen molar-refractivity contribution in [2.45, 2.75) is 120 Å². The number of fused-ring (bicyclic) bond motifs is 1. The van der Waals surface area contributed by atoms with Crippen LogP contribution in [0.5, 0.6) is 0 Å². The summed E-state index contributed by atoms with van der Waals surface area (Å²) in [6.07, 6.45) is 8.84. The molecule has 4 heterocycles. The van der Waals surface area contributed by atoms with Gasteiger partial charge in [0.1, 0.15) is 36.3 Å². The van der Waals surface area contributed by atoms with Gasteiger partial charge in [0.2, 0.25) is 35.4 Å². The number of urea groups is 1. The number of aromatic amines is 3. The molecule has 7 rings (SSSR count). The molecule has 104 heavy (non-hydrogen) atoms. The average molecular weight is 1450 g/mol. The van der Waals surface area contributed by atoms with E-state index in [2.05, 4.69) is 72.4 Å². The Morgan fingerprint density at radius 2 is 0.875 bits per heavy atom. The zero-order valence-electron chi connectivity index (χ0n) is 57.3. The van der Waals surface area contributed by atoms with Gasteiger partial charge in [0.05, 0.1) is 45.2 Å². The van der Waals surface area contributed by atoms with Gasteiger partial charge in [0, 0.05) is 139 Å². The van der Waals surface area contributed by atoms with E-state index in [0.29, 0.717) is 48.3 Å². The van der Waals surface area contributed by atoms with Crippen LogP contribution in [0.1, 0.15) is 80.4 Å². The maximum atomic E-state index is 15.0. The topological polar surface area (TPSA) is 539 Å². The highest BCUT2D eigenvalue weighted by molar-refractivity contribution is 5.96. The molecule has 0 bridgehead atoms. The van der Waals surface area contributed by atoms with E-state index in [1.165, 1.54) is 37.6 Å². The number of carbonyl (C=O) groups excluding carboxylic acids is 7. The molecule has 5 aromatic rings. The van der Waals surface area contributed by atoms with Crippen molar-refractivity contribution < 1.29 is 93.0 Å². The molecule has 1 aliphatic carbocycles. The summed E-state index contributed by atoms with van der Waals surface area (Å²) in [6, 6.07) is 3.51. The first-order valence-electron chi connectivity index (χ1n) is 34.3. The minimum Gasteiger partial charge on any atom is -0.481 e. The number of amides is 8. The molecule has 2 fully saturated rings. The number of aromatic nitrogens is 6. The minimum absolute atomic E-state index is 0.0153. The van der Waals surface area contributed by atoms with Gasteiger partial charge >= 0.3 is 41.8 Å². The van der Waals surface area contributed by atoms with Crippen LogP contribution in [0.15, 0.2) is 80.0 Å². The lowest BCUT2D eigenvalue weighted by molar-refractivity contribution is -0.141. The molecule has 17 N–H and O–H groups in total. The van der Waals surface area contributed by atoms with Crippen molar-refractivity contribution in [3.8, 4) is 0 Å². The smallest absolute Gasteiger partial charge is 0.326 e. The largest absolute Gasteiger partial charge is 0.481 e. The summed E-state index contributed by atoms with van der Waals surface area (Å²) in [4.78, 5) is 197. The van der Waals surface area contributed by atoms with E-state index in [1.54, 1.807) is 14.7 Å². The molecule has 0 radical (unpaired) electrons. The van der Waals surface area contributed by atoms with Gasteiger partial charge in [-0.15, -0.1) is 0 Å². The Morgan fingerprint density at radius 3 is 1.31 bits per heavy atom. The van der Waals surface area contributed by atoms with E-state index < -0.39 is 126 Å². The molecule has 1 saturated heterocycles. The number of nitrogens with one attached hydrogen (secondary N) is 11. The van der Waals surface area contributed by atoms with Crippen LogP contribution in [0.3, 0.4) is 0 Å². The summed E-state index contributed by atoms with van der Waals surface area (Å²) in [5.74, 6) is -11.9. The number of carboxylic acid groups (broad SMARTS) is 6. The number of aliphatic carboxylic acids is 6. The standard InChI is InChI=1S/C67H92N18O19/c86-55(34-82-17-19-83(35-57(89)90)21-23-85(37-59(93)94)24-22-84(20-18-82)36-58(91)92)72-30-41-8-12-44(13-9-41)60(95)76-51(26-42-10-11-43-5-1-2-6-45(43)25-42)62(97)78-54(29-48-33-70-40-75-48)64(99)79-53(28-47-32-69-39-74-47)63(98)77-52(27-46-31-68-38-73-46)61(96)71-16-4-3-7-49(65(100)101)80-67(104)81-50(66(102)103)14-15-56(87)88/h1-2,5-6,10-11,25,31-33,38-41,44,49-54H,3-4,7-9,12-24,26-30,34-37H2,(H,68,73)(H,69,74)(H,70,75)(H,71,96)(H,72,86)(H,76,95)(H,77,98)(H,78,97)(H,79,99)(H,87,88)(H,89,90)(H,91,92)(H,93,94)(H,100,101)(H,102,103)(H2,80,81,104)/t41?,44?,49-,50-,51-,52-,53-,54-/m0/s1. The van der Waals surface area contributed by atoms with Gasteiger partial charge in [-0.3, -0.25) is 67.5 Å². The fourth-order valence-electron chi connectivity index (χ4n) is 12.3. The van der Waals surface area contributed by atoms with E-state index in [0.717, 1.165) is 10.8 Å². The van der Waals surface area contributed by atoms with Gasteiger partial charge in [0.25, 0.3) is 0 Å². The van der Waals surface area contributed by atoms with Crippen molar-refractivity contribution in [3.05, 3.63) is 103 Å². The number of H-pyrrole nitrogens is 3. The zero-order valence-corrected chi connectivity index (χ0v) is 57.3. The fraction of sp³-hybridized carbons (Fsp3) is 0.522. The van der Waals surface area contributed by atoms with Gasteiger partial charge < -0.3 is 88.1 Å². The third-order valence-corrected chi connectivity index (χ3v) is 18.0. The maximum Gasteiger partial charge on any atom is 0.326 e. The highest BCUT2D eigenvalue weighted by Gasteiger charge is 2.36. The van der Waals surface area contributed by atoms with Crippen LogP contribution in [-0.4, -0.2) is 285 Å². The fourth-order valence-corrected chi connectivity index (χ4v) is 12.3. The van der Waals surface area contributed by atoms with Gasteiger partial charge in [-0.2, -0.15) is 0 Å². The Balaban J connectivity index is 0.996. The molecule has 2 aliphatic rings. The summed E-state index contributed by atoms with van der Waals surface area (Å²) >= 11 is 0. The summed E-state index contributed by atoms with van der Waals surface area (Å²) in [7, 11) is 0. The number of imidazole rings is 3. The number of rotatable bonds is 39. The highest BCUT2D eigenvalue weighted by atomic mass is 16.4. The molecule has 1 saturated carbocycles. The SMILES string of the molecule is O=C(O)CC[C@H](NC(=O)N[C@@H](CCCCNC(=O)[C@H](Cc1cnc[nH]1)NC(=O)[C@H](Cc1cnc[nH]1)NC(=O)[C@H](Cc1cnc[nH]1)NC(=O)[C@H](Cc1ccc2ccccc2c1)NC(=O)C1CCC(CNC(=O)CN2CCN(CC(=O)O)CCN(CC(=O)O)CCN(CC(=O)O)CC2)CC1)C(=O)O)C(=O)O. The van der Waals surface area contributed by atoms with Crippen molar-refractivity contribution in [2.24, 2.45) is 11.8 Å². The molecule has 564 valence electrons. The third kappa shape index (κ3) is 28.1. The van der Waals surface area contributed by atoms with Gasteiger partial charge in [-0.25, -0.2) is 29.3 Å². The Labute approximate surface area is 596 Å². The maximum absolute atomic E-state index is 15.0. The lowest BCUT2D eigenvalue weighted by atomic mass is 9.81. The summed E-state index contributed by atoms with van der Waals surface area (Å²) < 4.78 is 0. The molecule has 8 amide bonds. The second-order valence-corrected chi connectivity index (χ2v) is 25.9. The quantitative estimate of drug-likeness (QED) is 0.0189. The number of hydrogen-bond donors (Lipinski definition) is 17. The Hall–Kier alpha value is -10.9. The number of unbranched alkanes of at least 4 members (excludes halogenated alkanes) is 1. The van der Waals surface area contributed by atoms with Crippen LogP contribution in [0.2, 0.25) is 0 Å². The van der Waals surface area contributed by atoms with E-state index in [1.807, 2.05) is 47.4 Å². The first-order chi connectivity index (χ1) is 49.8. The molecular weight excluding hydrogens is 1360 g/mol. The van der Waals surface area contributed by atoms with Gasteiger partial charge in [0.15, 0.2) is 0 Å².